The molecule has 2 aromatic rings. The molecule has 0 spiro atoms. The molecule has 1 N–H and O–H groups in total. The van der Waals surface area contributed by atoms with Crippen molar-refractivity contribution in [3.05, 3.63) is 106 Å². The second-order valence-corrected chi connectivity index (χ2v) is 9.27. The molecule has 0 saturated heterocycles. The summed E-state index contributed by atoms with van der Waals surface area (Å²) in [4.78, 5) is 0. The number of thioether (sulfide) groups is 1. The molecule has 1 aliphatic heterocycles. The largest absolute Gasteiger partial charge is 0.384 e. The monoisotopic (exact) mass is 477 g/mol. The summed E-state index contributed by atoms with van der Waals surface area (Å²) in [5.74, 6) is 1.21. The van der Waals surface area contributed by atoms with Crippen molar-refractivity contribution < 1.29 is 4.57 Å². The van der Waals surface area contributed by atoms with E-state index in [4.69, 9.17) is 23.2 Å². The Morgan fingerprint density at radius 3 is 2.94 bits per heavy atom. The molecule has 5 heteroatoms. The van der Waals surface area contributed by atoms with Crippen molar-refractivity contribution in [2.75, 3.05) is 5.75 Å². The fourth-order valence-electron chi connectivity index (χ4n) is 3.70. The second-order valence-electron chi connectivity index (χ2n) is 7.32. The van der Waals surface area contributed by atoms with Gasteiger partial charge in [-0.1, -0.05) is 84.4 Å². The number of allylic oxidation sites excluding steroid dienone is 7. The van der Waals surface area contributed by atoms with Crippen molar-refractivity contribution in [2.24, 2.45) is 5.92 Å². The highest BCUT2D eigenvalue weighted by Gasteiger charge is 2.24. The minimum atomic E-state index is 0.244. The van der Waals surface area contributed by atoms with Crippen LogP contribution in [0.3, 0.4) is 0 Å². The summed E-state index contributed by atoms with van der Waals surface area (Å²) in [5, 5.41) is 9.05. The molecule has 0 fully saturated rings. The lowest BCUT2D eigenvalue weighted by atomic mass is 9.85. The van der Waals surface area contributed by atoms with Gasteiger partial charge in [0, 0.05) is 39.1 Å². The first-order valence-corrected chi connectivity index (χ1v) is 12.2. The Hall–Kier alpha value is -2.64. The predicted octanol–water partition coefficient (Wildman–Crippen LogP) is 6.59. The zero-order valence-electron chi connectivity index (χ0n) is 17.6. The van der Waals surface area contributed by atoms with Gasteiger partial charge in [0.1, 0.15) is 0 Å². The Labute approximate surface area is 203 Å². The van der Waals surface area contributed by atoms with Gasteiger partial charge in [0.2, 0.25) is 11.6 Å². The van der Waals surface area contributed by atoms with Gasteiger partial charge in [-0.05, 0) is 41.6 Å². The number of rotatable bonds is 4. The Bertz CT molecular complexity index is 1260. The molecule has 4 rings (SSSR count). The lowest BCUT2D eigenvalue weighted by molar-refractivity contribution is -0.554. The maximum absolute atomic E-state index is 6.28. The summed E-state index contributed by atoms with van der Waals surface area (Å²) in [6.45, 7) is 2.09. The molecule has 0 radical (unpaired) electrons. The Morgan fingerprint density at radius 2 is 2.06 bits per heavy atom. The average molecular weight is 478 g/mol. The van der Waals surface area contributed by atoms with Crippen LogP contribution in [0.4, 0.5) is 0 Å². The lowest BCUT2D eigenvalue weighted by Crippen LogP contribution is -2.35. The van der Waals surface area contributed by atoms with Crippen LogP contribution in [0.5, 0.6) is 0 Å². The first kappa shape index (κ1) is 22.6. The van der Waals surface area contributed by atoms with E-state index in [1.807, 2.05) is 53.4 Å². The minimum Gasteiger partial charge on any atom is -0.384 e. The van der Waals surface area contributed by atoms with Crippen LogP contribution in [0.2, 0.25) is 5.02 Å². The summed E-state index contributed by atoms with van der Waals surface area (Å²) < 4.78 is 1.95. The van der Waals surface area contributed by atoms with Gasteiger partial charge in [-0.15, -0.1) is 4.57 Å². The number of nitrogens with zero attached hydrogens (tertiary/aromatic N) is 1. The van der Waals surface area contributed by atoms with Gasteiger partial charge in [0.15, 0.2) is 6.20 Å². The normalized spacial score (nSPS) is 21.0. The molecule has 1 aliphatic carbocycles. The number of halogens is 2. The molecule has 1 aromatic heterocycles. The van der Waals surface area contributed by atoms with Crippen molar-refractivity contribution in [1.29, 1.82) is 0 Å². The lowest BCUT2D eigenvalue weighted by Gasteiger charge is -2.29. The van der Waals surface area contributed by atoms with Gasteiger partial charge < -0.3 is 5.32 Å². The molecule has 0 bridgehead atoms. The topological polar surface area (TPSA) is 15.9 Å². The van der Waals surface area contributed by atoms with Gasteiger partial charge >= 0.3 is 0 Å². The van der Waals surface area contributed by atoms with Crippen molar-refractivity contribution in [1.82, 2.24) is 5.32 Å². The van der Waals surface area contributed by atoms with Crippen LogP contribution in [0, 0.1) is 17.2 Å². The maximum Gasteiger partial charge on any atom is 0.241 e. The van der Waals surface area contributed by atoms with E-state index in [-0.39, 0.29) is 12.0 Å². The number of aromatic nitrogens is 1. The number of fused-ring (bicyclic) bond motifs is 2. The van der Waals surface area contributed by atoms with Gasteiger partial charge in [0.05, 0.1) is 11.4 Å². The van der Waals surface area contributed by atoms with Crippen LogP contribution in [0.1, 0.15) is 12.5 Å². The molecule has 2 aliphatic rings. The molecule has 2 heterocycles. The van der Waals surface area contributed by atoms with Gasteiger partial charge in [-0.2, -0.15) is 0 Å². The van der Waals surface area contributed by atoms with E-state index in [9.17, 15) is 0 Å². The van der Waals surface area contributed by atoms with Crippen LogP contribution in [0.25, 0.3) is 17.0 Å². The standard InChI is InChI=1S/C27H22Cl2N2S/c1-2-32-17-16-31-15-13-21(25-19-23(29)9-11-27(25)31)7-5-3-4-6-20-12-14-30-26-10-8-22(28)18-24(20)26/h3-15,18-19,24,26H,2H2,1H3/p+1. The van der Waals surface area contributed by atoms with E-state index in [0.29, 0.717) is 5.02 Å². The molecule has 32 heavy (non-hydrogen) atoms. The van der Waals surface area contributed by atoms with Crippen molar-refractivity contribution >= 4 is 51.9 Å². The molecule has 2 atom stereocenters. The van der Waals surface area contributed by atoms with E-state index in [1.54, 1.807) is 11.8 Å². The third-order valence-corrected chi connectivity index (χ3v) is 6.25. The zero-order chi connectivity index (χ0) is 22.3. The molecule has 1 aromatic carbocycles. The Kier molecular flexibility index (Phi) is 7.60. The number of benzene rings is 1. The Balaban J connectivity index is 1.55. The SMILES string of the molecule is CCSC#C[n+]1ccc(/C=C/C=C/C=C2\C=CNC3C=CC(Cl)=CC23)c2cc(Cl)ccc21. The zero-order valence-corrected chi connectivity index (χ0v) is 20.0. The molecular weight excluding hydrogens is 455 g/mol. The van der Waals surface area contributed by atoms with Crippen LogP contribution < -0.4 is 9.88 Å². The highest BCUT2D eigenvalue weighted by Crippen LogP contribution is 2.29. The third kappa shape index (κ3) is 5.40. The van der Waals surface area contributed by atoms with E-state index < -0.39 is 0 Å². The van der Waals surface area contributed by atoms with Crippen molar-refractivity contribution in [3.63, 3.8) is 0 Å². The summed E-state index contributed by atoms with van der Waals surface area (Å²) in [7, 11) is 0. The van der Waals surface area contributed by atoms with Crippen molar-refractivity contribution in [3.8, 4) is 11.3 Å². The van der Waals surface area contributed by atoms with Crippen LogP contribution in [-0.4, -0.2) is 11.8 Å². The maximum atomic E-state index is 6.28. The van der Waals surface area contributed by atoms with Gasteiger partial charge in [0.25, 0.3) is 0 Å². The Morgan fingerprint density at radius 1 is 1.16 bits per heavy atom. The van der Waals surface area contributed by atoms with Gasteiger partial charge in [-0.25, -0.2) is 0 Å². The average Bonchev–Trinajstić information content (AvgIpc) is 2.80. The van der Waals surface area contributed by atoms with Crippen LogP contribution in [0.15, 0.2) is 95.9 Å². The molecule has 0 saturated carbocycles. The quantitative estimate of drug-likeness (QED) is 0.303. The summed E-state index contributed by atoms with van der Waals surface area (Å²) >= 11 is 14.1. The molecular formula is C27H23Cl2N2S+. The van der Waals surface area contributed by atoms with E-state index in [0.717, 1.165) is 27.3 Å². The summed E-state index contributed by atoms with van der Waals surface area (Å²) in [6.07, 6.45) is 22.6. The molecule has 2 nitrogen and oxygen atoms in total. The second kappa shape index (κ2) is 10.8. The number of pyridine rings is 1. The van der Waals surface area contributed by atoms with E-state index in [1.165, 1.54) is 5.57 Å². The fourth-order valence-corrected chi connectivity index (χ4v) is 4.39. The highest BCUT2D eigenvalue weighted by molar-refractivity contribution is 8.03. The van der Waals surface area contributed by atoms with Gasteiger partial charge in [-0.3, -0.25) is 0 Å². The number of hydrogen-bond donors (Lipinski definition) is 1. The van der Waals surface area contributed by atoms with E-state index in [2.05, 4.69) is 66.1 Å². The fraction of sp³-hybridized carbons (Fsp3) is 0.148. The first-order chi connectivity index (χ1) is 15.7. The third-order valence-electron chi connectivity index (χ3n) is 5.24. The first-order valence-electron chi connectivity index (χ1n) is 10.5. The minimum absolute atomic E-state index is 0.244. The van der Waals surface area contributed by atoms with Crippen LogP contribution in [-0.2, 0) is 0 Å². The van der Waals surface area contributed by atoms with Crippen molar-refractivity contribution in [2.45, 2.75) is 13.0 Å². The number of hydrogen-bond acceptors (Lipinski definition) is 2. The number of nitrogens with one attached hydrogen (secondary N) is 1. The smallest absolute Gasteiger partial charge is 0.241 e. The molecule has 160 valence electrons. The van der Waals surface area contributed by atoms with Crippen LogP contribution >= 0.6 is 35.0 Å². The summed E-state index contributed by atoms with van der Waals surface area (Å²) in [5.41, 5.74) is 3.35. The summed E-state index contributed by atoms with van der Waals surface area (Å²) in [6, 6.07) is 11.4. The highest BCUT2D eigenvalue weighted by atomic mass is 35.5. The molecule has 2 unspecified atom stereocenters. The predicted molar refractivity (Wildman–Crippen MR) is 139 cm³/mol. The molecule has 0 amide bonds. The van der Waals surface area contributed by atoms with E-state index >= 15 is 0 Å².